The van der Waals surface area contributed by atoms with Gasteiger partial charge < -0.3 is 20.6 Å². The highest BCUT2D eigenvalue weighted by Crippen LogP contribution is 2.25. The molecule has 1 aliphatic heterocycles. The zero-order chi connectivity index (χ0) is 20.9. The lowest BCUT2D eigenvalue weighted by Crippen LogP contribution is -2.41. The van der Waals surface area contributed by atoms with E-state index in [1.54, 1.807) is 24.3 Å². The highest BCUT2D eigenvalue weighted by atomic mass is 32.1. The van der Waals surface area contributed by atoms with Crippen LogP contribution in [0, 0.1) is 17.6 Å². The molecule has 1 fully saturated rings. The number of nitrogens with one attached hydrogen (secondary N) is 2. The summed E-state index contributed by atoms with van der Waals surface area (Å²) in [6.45, 7) is 7.02. The van der Waals surface area contributed by atoms with Gasteiger partial charge in [-0.15, -0.1) is 0 Å². The standard InChI is InChI=1S/C21H28F2N4OS/c1-3-24-20(26-14-21(2,28)16-7-9-29-13-16)25-11-15-6-8-27(12-15)17-4-5-18(22)19(23)10-17/h4-5,7,9-10,13,15,28H,3,6,8,11-12,14H2,1-2H3,(H2,24,25,26). The first-order chi connectivity index (χ1) is 13.9. The number of guanidine groups is 1. The van der Waals surface area contributed by atoms with Crippen molar-refractivity contribution in [3.05, 3.63) is 52.2 Å². The molecule has 3 rings (SSSR count). The molecule has 158 valence electrons. The largest absolute Gasteiger partial charge is 0.383 e. The van der Waals surface area contributed by atoms with Crippen LogP contribution in [-0.4, -0.2) is 43.8 Å². The summed E-state index contributed by atoms with van der Waals surface area (Å²) >= 11 is 1.55. The van der Waals surface area contributed by atoms with Crippen LogP contribution in [0.5, 0.6) is 0 Å². The molecule has 29 heavy (non-hydrogen) atoms. The Morgan fingerprint density at radius 2 is 2.14 bits per heavy atom. The summed E-state index contributed by atoms with van der Waals surface area (Å²) in [7, 11) is 0. The van der Waals surface area contributed by atoms with E-state index in [-0.39, 0.29) is 6.54 Å². The minimum atomic E-state index is -1.01. The second-order valence-electron chi connectivity index (χ2n) is 7.56. The molecule has 2 aromatic rings. The molecular formula is C21H28F2N4OS. The Labute approximate surface area is 174 Å². The minimum Gasteiger partial charge on any atom is -0.383 e. The number of halogens is 2. The summed E-state index contributed by atoms with van der Waals surface area (Å²) in [5.74, 6) is -0.613. The van der Waals surface area contributed by atoms with E-state index in [1.165, 1.54) is 12.1 Å². The Bertz CT molecular complexity index is 826. The van der Waals surface area contributed by atoms with Gasteiger partial charge in [-0.3, -0.25) is 0 Å². The van der Waals surface area contributed by atoms with Crippen LogP contribution in [0.2, 0.25) is 0 Å². The Balaban J connectivity index is 1.54. The van der Waals surface area contributed by atoms with Gasteiger partial charge in [-0.1, -0.05) is 0 Å². The van der Waals surface area contributed by atoms with Gasteiger partial charge in [0.25, 0.3) is 0 Å². The van der Waals surface area contributed by atoms with E-state index in [1.807, 2.05) is 23.8 Å². The quantitative estimate of drug-likeness (QED) is 0.473. The van der Waals surface area contributed by atoms with E-state index in [2.05, 4.69) is 20.5 Å². The summed E-state index contributed by atoms with van der Waals surface area (Å²) in [5.41, 5.74) is 0.554. The van der Waals surface area contributed by atoms with Crippen molar-refractivity contribution in [1.29, 1.82) is 0 Å². The molecule has 1 aliphatic rings. The number of thiophene rings is 1. The SMILES string of the molecule is CCNC(=NCC(C)(O)c1ccsc1)NCC1CCN(c2ccc(F)c(F)c2)C1. The molecule has 2 heterocycles. The third-order valence-corrected chi connectivity index (χ3v) is 5.83. The van der Waals surface area contributed by atoms with Gasteiger partial charge in [0.15, 0.2) is 17.6 Å². The molecule has 5 nitrogen and oxygen atoms in total. The molecule has 8 heteroatoms. The Morgan fingerprint density at radius 1 is 1.31 bits per heavy atom. The third-order valence-electron chi connectivity index (χ3n) is 5.14. The molecule has 1 aromatic heterocycles. The van der Waals surface area contributed by atoms with E-state index in [9.17, 15) is 13.9 Å². The number of aliphatic hydroxyl groups is 1. The molecule has 0 amide bonds. The fourth-order valence-corrected chi connectivity index (χ4v) is 4.18. The van der Waals surface area contributed by atoms with Gasteiger partial charge >= 0.3 is 0 Å². The Morgan fingerprint density at radius 3 is 2.83 bits per heavy atom. The molecule has 0 spiro atoms. The van der Waals surface area contributed by atoms with E-state index in [4.69, 9.17) is 0 Å². The second-order valence-corrected chi connectivity index (χ2v) is 8.34. The fraction of sp³-hybridized carbons (Fsp3) is 0.476. The van der Waals surface area contributed by atoms with Gasteiger partial charge in [0.05, 0.1) is 6.54 Å². The van der Waals surface area contributed by atoms with Crippen molar-refractivity contribution in [2.45, 2.75) is 25.9 Å². The van der Waals surface area contributed by atoms with Gasteiger partial charge in [-0.05, 0) is 60.7 Å². The third kappa shape index (κ3) is 5.67. The lowest BCUT2D eigenvalue weighted by atomic mass is 10.00. The second kappa shape index (κ2) is 9.54. The van der Waals surface area contributed by atoms with Crippen molar-refractivity contribution in [3.63, 3.8) is 0 Å². The van der Waals surface area contributed by atoms with Gasteiger partial charge in [-0.2, -0.15) is 11.3 Å². The molecule has 2 unspecified atom stereocenters. The van der Waals surface area contributed by atoms with Gasteiger partial charge in [-0.25, -0.2) is 13.8 Å². The molecule has 0 radical (unpaired) electrons. The number of anilines is 1. The van der Waals surface area contributed by atoms with Crippen molar-refractivity contribution in [1.82, 2.24) is 10.6 Å². The molecule has 2 atom stereocenters. The molecule has 3 N–H and O–H groups in total. The molecule has 0 bridgehead atoms. The number of hydrogen-bond donors (Lipinski definition) is 3. The fourth-order valence-electron chi connectivity index (χ4n) is 3.39. The zero-order valence-corrected chi connectivity index (χ0v) is 17.6. The first kappa shape index (κ1) is 21.5. The van der Waals surface area contributed by atoms with E-state index < -0.39 is 17.2 Å². The maximum absolute atomic E-state index is 13.5. The van der Waals surface area contributed by atoms with Crippen LogP contribution >= 0.6 is 11.3 Å². The van der Waals surface area contributed by atoms with Crippen molar-refractivity contribution in [3.8, 4) is 0 Å². The Hall–Kier alpha value is -2.19. The average Bonchev–Trinajstić information content (AvgIpc) is 3.38. The summed E-state index contributed by atoms with van der Waals surface area (Å²) in [4.78, 5) is 6.61. The number of hydrogen-bond acceptors (Lipinski definition) is 4. The van der Waals surface area contributed by atoms with E-state index in [0.717, 1.165) is 31.6 Å². The number of nitrogens with zero attached hydrogens (tertiary/aromatic N) is 2. The van der Waals surface area contributed by atoms with Gasteiger partial charge in [0.2, 0.25) is 0 Å². The molecule has 1 saturated heterocycles. The van der Waals surface area contributed by atoms with Crippen molar-refractivity contribution in [2.75, 3.05) is 37.6 Å². The predicted octanol–water partition coefficient (Wildman–Crippen LogP) is 3.32. The van der Waals surface area contributed by atoms with Crippen molar-refractivity contribution < 1.29 is 13.9 Å². The van der Waals surface area contributed by atoms with Crippen molar-refractivity contribution in [2.24, 2.45) is 10.9 Å². The topological polar surface area (TPSA) is 59.9 Å². The maximum Gasteiger partial charge on any atom is 0.191 e. The highest BCUT2D eigenvalue weighted by Gasteiger charge is 2.25. The van der Waals surface area contributed by atoms with Crippen LogP contribution in [0.15, 0.2) is 40.0 Å². The predicted molar refractivity (Wildman–Crippen MR) is 115 cm³/mol. The van der Waals surface area contributed by atoms with Crippen LogP contribution in [0.25, 0.3) is 0 Å². The maximum atomic E-state index is 13.5. The summed E-state index contributed by atoms with van der Waals surface area (Å²) in [6.07, 6.45) is 0.956. The van der Waals surface area contributed by atoms with Crippen LogP contribution in [0.1, 0.15) is 25.8 Å². The summed E-state index contributed by atoms with van der Waals surface area (Å²) in [5, 5.41) is 21.1. The van der Waals surface area contributed by atoms with E-state index >= 15 is 0 Å². The first-order valence-electron chi connectivity index (χ1n) is 9.86. The summed E-state index contributed by atoms with van der Waals surface area (Å²) < 4.78 is 26.6. The molecule has 0 aliphatic carbocycles. The monoisotopic (exact) mass is 422 g/mol. The molecular weight excluding hydrogens is 394 g/mol. The molecule has 1 aromatic carbocycles. The smallest absolute Gasteiger partial charge is 0.191 e. The van der Waals surface area contributed by atoms with Crippen LogP contribution in [-0.2, 0) is 5.60 Å². The van der Waals surface area contributed by atoms with Crippen LogP contribution < -0.4 is 15.5 Å². The van der Waals surface area contributed by atoms with Crippen LogP contribution in [0.3, 0.4) is 0 Å². The van der Waals surface area contributed by atoms with Crippen molar-refractivity contribution >= 4 is 23.0 Å². The lowest BCUT2D eigenvalue weighted by Gasteiger charge is -2.22. The first-order valence-corrected chi connectivity index (χ1v) is 10.8. The van der Waals surface area contributed by atoms with Gasteiger partial charge in [0, 0.05) is 37.9 Å². The normalized spacial score (nSPS) is 19.3. The number of aliphatic imine (C=N–C) groups is 1. The van der Waals surface area contributed by atoms with E-state index in [0.29, 0.717) is 24.1 Å². The molecule has 0 saturated carbocycles. The summed E-state index contributed by atoms with van der Waals surface area (Å²) in [6, 6.07) is 5.95. The highest BCUT2D eigenvalue weighted by molar-refractivity contribution is 7.08. The number of benzene rings is 1. The average molecular weight is 423 g/mol. The minimum absolute atomic E-state index is 0.255. The zero-order valence-electron chi connectivity index (χ0n) is 16.8. The Kier molecular flexibility index (Phi) is 7.08. The van der Waals surface area contributed by atoms with Crippen LogP contribution in [0.4, 0.5) is 14.5 Å². The van der Waals surface area contributed by atoms with Gasteiger partial charge in [0.1, 0.15) is 5.60 Å². The number of rotatable bonds is 7. The lowest BCUT2D eigenvalue weighted by molar-refractivity contribution is 0.0677.